The van der Waals surface area contributed by atoms with Crippen LogP contribution in [0.4, 0.5) is 0 Å². The van der Waals surface area contributed by atoms with E-state index in [1.54, 1.807) is 16.2 Å². The Bertz CT molecular complexity index is 690. The SMILES string of the molecule is Cc1ccc2c(C(=O)N(CCC(=O)O)CC(C)C)csc2c1. The van der Waals surface area contributed by atoms with Crippen LogP contribution >= 0.6 is 11.3 Å². The van der Waals surface area contributed by atoms with Gasteiger partial charge in [-0.2, -0.15) is 0 Å². The van der Waals surface area contributed by atoms with Crippen LogP contribution < -0.4 is 0 Å². The number of nitrogens with zero attached hydrogens (tertiary/aromatic N) is 1. The minimum atomic E-state index is -0.882. The normalized spacial score (nSPS) is 11.1. The predicted molar refractivity (Wildman–Crippen MR) is 89.6 cm³/mol. The fraction of sp³-hybridized carbons (Fsp3) is 0.412. The molecule has 0 fully saturated rings. The first kappa shape index (κ1) is 16.5. The highest BCUT2D eigenvalue weighted by Crippen LogP contribution is 2.28. The molecule has 0 saturated carbocycles. The zero-order chi connectivity index (χ0) is 16.3. The summed E-state index contributed by atoms with van der Waals surface area (Å²) >= 11 is 1.55. The van der Waals surface area contributed by atoms with Crippen molar-refractivity contribution in [2.45, 2.75) is 27.2 Å². The second-order valence-electron chi connectivity index (χ2n) is 5.94. The maximum atomic E-state index is 12.8. The van der Waals surface area contributed by atoms with E-state index in [1.165, 1.54) is 5.56 Å². The molecule has 0 saturated heterocycles. The van der Waals surface area contributed by atoms with Crippen LogP contribution in [0.1, 0.15) is 36.2 Å². The number of carboxylic acid groups (broad SMARTS) is 1. The van der Waals surface area contributed by atoms with Gasteiger partial charge < -0.3 is 10.0 Å². The second kappa shape index (κ2) is 6.92. The Morgan fingerprint density at radius 2 is 2.05 bits per heavy atom. The molecule has 1 heterocycles. The highest BCUT2D eigenvalue weighted by molar-refractivity contribution is 7.17. The van der Waals surface area contributed by atoms with Crippen LogP contribution in [-0.2, 0) is 4.79 Å². The Morgan fingerprint density at radius 3 is 2.68 bits per heavy atom. The topological polar surface area (TPSA) is 57.6 Å². The summed E-state index contributed by atoms with van der Waals surface area (Å²) in [5.74, 6) is -0.665. The zero-order valence-electron chi connectivity index (χ0n) is 13.1. The Balaban J connectivity index is 2.29. The molecule has 22 heavy (non-hydrogen) atoms. The highest BCUT2D eigenvalue weighted by atomic mass is 32.1. The van der Waals surface area contributed by atoms with Crippen LogP contribution in [-0.4, -0.2) is 35.0 Å². The molecule has 0 aliphatic heterocycles. The molecule has 5 heteroatoms. The smallest absolute Gasteiger partial charge is 0.305 e. The lowest BCUT2D eigenvalue weighted by molar-refractivity contribution is -0.137. The molecule has 0 radical (unpaired) electrons. The summed E-state index contributed by atoms with van der Waals surface area (Å²) in [6.45, 7) is 6.88. The summed E-state index contributed by atoms with van der Waals surface area (Å²) in [5.41, 5.74) is 1.84. The van der Waals surface area contributed by atoms with Crippen molar-refractivity contribution >= 4 is 33.3 Å². The molecule has 0 aliphatic carbocycles. The number of benzene rings is 1. The molecule has 4 nitrogen and oxygen atoms in total. The second-order valence-corrected chi connectivity index (χ2v) is 6.85. The van der Waals surface area contributed by atoms with Crippen LogP contribution in [0.3, 0.4) is 0 Å². The molecule has 118 valence electrons. The number of aryl methyl sites for hydroxylation is 1. The number of rotatable bonds is 6. The van der Waals surface area contributed by atoms with Crippen molar-refractivity contribution in [1.29, 1.82) is 0 Å². The molecule has 2 aromatic rings. The van der Waals surface area contributed by atoms with Crippen LogP contribution in [0.15, 0.2) is 23.6 Å². The molecular formula is C17H21NO3S. The average molecular weight is 319 g/mol. The number of aliphatic carboxylic acids is 1. The number of thiophene rings is 1. The van der Waals surface area contributed by atoms with Gasteiger partial charge in [-0.15, -0.1) is 11.3 Å². The fourth-order valence-electron chi connectivity index (χ4n) is 2.42. The van der Waals surface area contributed by atoms with Crippen LogP contribution in [0.2, 0.25) is 0 Å². The van der Waals surface area contributed by atoms with E-state index in [1.807, 2.05) is 38.3 Å². The van der Waals surface area contributed by atoms with E-state index >= 15 is 0 Å². The molecule has 0 unspecified atom stereocenters. The number of hydrogen-bond acceptors (Lipinski definition) is 3. The molecule has 1 N–H and O–H groups in total. The number of carbonyl (C=O) groups excluding carboxylic acids is 1. The largest absolute Gasteiger partial charge is 0.481 e. The molecular weight excluding hydrogens is 298 g/mol. The Hall–Kier alpha value is -1.88. The van der Waals surface area contributed by atoms with Crippen molar-refractivity contribution in [2.75, 3.05) is 13.1 Å². The van der Waals surface area contributed by atoms with Crippen molar-refractivity contribution in [3.63, 3.8) is 0 Å². The van der Waals surface area contributed by atoms with Gasteiger partial charge in [0.15, 0.2) is 0 Å². The summed E-state index contributed by atoms with van der Waals surface area (Å²) in [6, 6.07) is 6.04. The van der Waals surface area contributed by atoms with E-state index in [0.29, 0.717) is 18.0 Å². The molecule has 0 bridgehead atoms. The summed E-state index contributed by atoms with van der Waals surface area (Å²) in [7, 11) is 0. The van der Waals surface area contributed by atoms with Crippen molar-refractivity contribution < 1.29 is 14.7 Å². The highest BCUT2D eigenvalue weighted by Gasteiger charge is 2.20. The monoisotopic (exact) mass is 319 g/mol. The third-order valence-corrected chi connectivity index (χ3v) is 4.38. The number of amides is 1. The van der Waals surface area contributed by atoms with E-state index < -0.39 is 5.97 Å². The molecule has 1 amide bonds. The first-order chi connectivity index (χ1) is 10.4. The molecule has 0 aliphatic rings. The van der Waals surface area contributed by atoms with Crippen molar-refractivity contribution in [3.8, 4) is 0 Å². The van der Waals surface area contributed by atoms with Crippen LogP contribution in [0, 0.1) is 12.8 Å². The summed E-state index contributed by atoms with van der Waals surface area (Å²) in [5, 5.41) is 11.7. The standard InChI is InChI=1S/C17H21NO3S/c1-11(2)9-18(7-6-16(19)20)17(21)14-10-22-15-8-12(3)4-5-13(14)15/h4-5,8,10-11H,6-7,9H2,1-3H3,(H,19,20). The van der Waals surface area contributed by atoms with Gasteiger partial charge in [0, 0.05) is 28.6 Å². The minimum absolute atomic E-state index is 0.0281. The van der Waals surface area contributed by atoms with Crippen molar-refractivity contribution in [2.24, 2.45) is 5.92 Å². The van der Waals surface area contributed by atoms with Gasteiger partial charge >= 0.3 is 5.97 Å². The quantitative estimate of drug-likeness (QED) is 0.881. The third-order valence-electron chi connectivity index (χ3n) is 3.43. The Labute approximate surface area is 134 Å². The number of fused-ring (bicyclic) bond motifs is 1. The van der Waals surface area contributed by atoms with Gasteiger partial charge in [0.2, 0.25) is 0 Å². The lowest BCUT2D eigenvalue weighted by atomic mass is 10.1. The first-order valence-electron chi connectivity index (χ1n) is 7.37. The van der Waals surface area contributed by atoms with E-state index in [2.05, 4.69) is 6.07 Å². The Morgan fingerprint density at radius 1 is 1.32 bits per heavy atom. The summed E-state index contributed by atoms with van der Waals surface area (Å²) in [6.07, 6.45) is -0.0281. The Kier molecular flexibility index (Phi) is 5.19. The third kappa shape index (κ3) is 3.85. The lowest BCUT2D eigenvalue weighted by Crippen LogP contribution is -2.35. The first-order valence-corrected chi connectivity index (χ1v) is 8.25. The van der Waals surface area contributed by atoms with Crippen molar-refractivity contribution in [1.82, 2.24) is 4.90 Å². The predicted octanol–water partition coefficient (Wildman–Crippen LogP) is 3.78. The van der Waals surface area contributed by atoms with Gasteiger partial charge in [-0.1, -0.05) is 26.0 Å². The fourth-order valence-corrected chi connectivity index (χ4v) is 3.45. The summed E-state index contributed by atoms with van der Waals surface area (Å²) in [4.78, 5) is 25.3. The van der Waals surface area contributed by atoms with Gasteiger partial charge in [-0.3, -0.25) is 9.59 Å². The average Bonchev–Trinajstić information content (AvgIpc) is 2.84. The van der Waals surface area contributed by atoms with E-state index in [9.17, 15) is 9.59 Å². The van der Waals surface area contributed by atoms with Gasteiger partial charge in [0.25, 0.3) is 5.91 Å². The zero-order valence-corrected chi connectivity index (χ0v) is 13.9. The van der Waals surface area contributed by atoms with Gasteiger partial charge in [-0.05, 0) is 24.5 Å². The van der Waals surface area contributed by atoms with E-state index in [4.69, 9.17) is 5.11 Å². The van der Waals surface area contributed by atoms with E-state index in [0.717, 1.165) is 10.1 Å². The van der Waals surface area contributed by atoms with Crippen LogP contribution in [0.5, 0.6) is 0 Å². The van der Waals surface area contributed by atoms with E-state index in [-0.39, 0.29) is 18.9 Å². The number of hydrogen-bond donors (Lipinski definition) is 1. The maximum Gasteiger partial charge on any atom is 0.305 e. The number of carbonyl (C=O) groups is 2. The lowest BCUT2D eigenvalue weighted by Gasteiger charge is -2.23. The van der Waals surface area contributed by atoms with Crippen LogP contribution in [0.25, 0.3) is 10.1 Å². The van der Waals surface area contributed by atoms with Crippen molar-refractivity contribution in [3.05, 3.63) is 34.7 Å². The maximum absolute atomic E-state index is 12.8. The minimum Gasteiger partial charge on any atom is -0.481 e. The molecule has 2 rings (SSSR count). The van der Waals surface area contributed by atoms with Gasteiger partial charge in [0.05, 0.1) is 12.0 Å². The molecule has 1 aromatic heterocycles. The van der Waals surface area contributed by atoms with Gasteiger partial charge in [0.1, 0.15) is 0 Å². The van der Waals surface area contributed by atoms with Gasteiger partial charge in [-0.25, -0.2) is 0 Å². The molecule has 0 spiro atoms. The number of carboxylic acids is 1. The molecule has 0 atom stereocenters. The molecule has 1 aromatic carbocycles. The summed E-state index contributed by atoms with van der Waals surface area (Å²) < 4.78 is 1.09.